The molecule has 7 heteroatoms. The van der Waals surface area contributed by atoms with Crippen molar-refractivity contribution in [2.45, 2.75) is 0 Å². The van der Waals surface area contributed by atoms with Gasteiger partial charge in [0.25, 0.3) is 0 Å². The van der Waals surface area contributed by atoms with Gasteiger partial charge in [0.05, 0.1) is 16.9 Å². The Balaban J connectivity index is 2.27. The summed E-state index contributed by atoms with van der Waals surface area (Å²) in [6, 6.07) is 8.96. The lowest BCUT2D eigenvalue weighted by Gasteiger charge is -1.99. The van der Waals surface area contributed by atoms with Crippen LogP contribution in [0.4, 0.5) is 5.69 Å². The molecule has 0 aliphatic heterocycles. The molecule has 94 valence electrons. The second-order valence-electron chi connectivity index (χ2n) is 3.98. The number of fused-ring (bicyclic) bond motifs is 1. The van der Waals surface area contributed by atoms with E-state index in [4.69, 9.17) is 5.53 Å². The summed E-state index contributed by atoms with van der Waals surface area (Å²) < 4.78 is 0. The first-order valence-electron chi connectivity index (χ1n) is 5.72. The molecule has 0 aliphatic carbocycles. The summed E-state index contributed by atoms with van der Waals surface area (Å²) in [6.07, 6.45) is 3.16. The maximum absolute atomic E-state index is 9.32. The number of nitrogens with zero attached hydrogens (tertiary/aromatic N) is 6. The molecule has 0 saturated heterocycles. The van der Waals surface area contributed by atoms with Crippen LogP contribution in [-0.2, 0) is 0 Å². The van der Waals surface area contributed by atoms with Crippen molar-refractivity contribution in [3.05, 3.63) is 52.7 Å². The zero-order chi connectivity index (χ0) is 13.9. The van der Waals surface area contributed by atoms with Gasteiger partial charge in [0.2, 0.25) is 0 Å². The molecule has 0 radical (unpaired) electrons. The van der Waals surface area contributed by atoms with Crippen LogP contribution >= 0.6 is 0 Å². The van der Waals surface area contributed by atoms with Crippen LogP contribution in [0, 0.1) is 11.3 Å². The Morgan fingerprint density at radius 3 is 3.00 bits per heavy atom. The van der Waals surface area contributed by atoms with Gasteiger partial charge < -0.3 is 4.98 Å². The molecule has 0 atom stereocenters. The number of hydrogen-bond donors (Lipinski definition) is 1. The van der Waals surface area contributed by atoms with Gasteiger partial charge in [-0.15, -0.1) is 0 Å². The Hall–Kier alpha value is -3.36. The number of H-pyrrole nitrogens is 1. The van der Waals surface area contributed by atoms with Gasteiger partial charge >= 0.3 is 0 Å². The highest BCUT2D eigenvalue weighted by molar-refractivity contribution is 5.89. The summed E-state index contributed by atoms with van der Waals surface area (Å²) in [5.41, 5.74) is 11.8. The van der Waals surface area contributed by atoms with Gasteiger partial charge in [-0.2, -0.15) is 5.26 Å². The van der Waals surface area contributed by atoms with E-state index in [1.54, 1.807) is 24.4 Å². The molecule has 0 aliphatic rings. The molecule has 0 bridgehead atoms. The van der Waals surface area contributed by atoms with E-state index < -0.39 is 0 Å². The molecular weight excluding hydrogens is 254 g/mol. The summed E-state index contributed by atoms with van der Waals surface area (Å²) in [7, 11) is 0. The average Bonchev–Trinajstić information content (AvgIpc) is 2.86. The average molecular weight is 261 g/mol. The van der Waals surface area contributed by atoms with Crippen molar-refractivity contribution < 1.29 is 0 Å². The number of nitrogens with one attached hydrogen (secondary N) is 1. The van der Waals surface area contributed by atoms with Crippen LogP contribution in [0.1, 0.15) is 5.56 Å². The van der Waals surface area contributed by atoms with E-state index in [0.29, 0.717) is 28.2 Å². The molecule has 3 rings (SSSR count). The maximum atomic E-state index is 9.32. The number of aromatic nitrogens is 3. The molecule has 7 nitrogen and oxygen atoms in total. The lowest BCUT2D eigenvalue weighted by atomic mass is 10.1. The van der Waals surface area contributed by atoms with Gasteiger partial charge in [0.15, 0.2) is 0 Å². The Morgan fingerprint density at radius 2 is 2.20 bits per heavy atom. The monoisotopic (exact) mass is 261 g/mol. The molecule has 20 heavy (non-hydrogen) atoms. The summed E-state index contributed by atoms with van der Waals surface area (Å²) in [4.78, 5) is 14.2. The number of pyridine rings is 2. The predicted molar refractivity (Wildman–Crippen MR) is 72.8 cm³/mol. The fourth-order valence-corrected chi connectivity index (χ4v) is 1.99. The van der Waals surface area contributed by atoms with E-state index in [1.807, 2.05) is 6.07 Å². The molecule has 0 spiro atoms. The molecule has 3 aromatic heterocycles. The topological polar surface area (TPSA) is 114 Å². The third-order valence-corrected chi connectivity index (χ3v) is 2.83. The number of aromatic amines is 1. The first-order chi connectivity index (χ1) is 9.83. The van der Waals surface area contributed by atoms with Gasteiger partial charge in [0, 0.05) is 23.0 Å². The number of hydrogen-bond acceptors (Lipinski definition) is 4. The van der Waals surface area contributed by atoms with E-state index in [-0.39, 0.29) is 0 Å². The summed E-state index contributed by atoms with van der Waals surface area (Å²) >= 11 is 0. The van der Waals surface area contributed by atoms with Crippen molar-refractivity contribution in [2.24, 2.45) is 5.11 Å². The van der Waals surface area contributed by atoms with Crippen LogP contribution in [-0.4, -0.2) is 15.0 Å². The Bertz CT molecular complexity index is 881. The van der Waals surface area contributed by atoms with Gasteiger partial charge in [-0.3, -0.25) is 9.97 Å². The zero-order valence-corrected chi connectivity index (χ0v) is 10.1. The minimum Gasteiger partial charge on any atom is -0.351 e. The molecule has 0 fully saturated rings. The first-order valence-corrected chi connectivity index (χ1v) is 5.72. The quantitative estimate of drug-likeness (QED) is 0.432. The molecule has 1 N–H and O–H groups in total. The van der Waals surface area contributed by atoms with E-state index in [0.717, 1.165) is 5.52 Å². The Labute approximate surface area is 113 Å². The largest absolute Gasteiger partial charge is 0.351 e. The number of nitriles is 1. The highest BCUT2D eigenvalue weighted by Gasteiger charge is 2.14. The molecule has 0 aromatic carbocycles. The highest BCUT2D eigenvalue weighted by atomic mass is 15.1. The maximum Gasteiger partial charge on any atom is 0.106 e. The van der Waals surface area contributed by atoms with E-state index in [2.05, 4.69) is 31.0 Å². The second-order valence-corrected chi connectivity index (χ2v) is 3.98. The fraction of sp³-hybridized carbons (Fsp3) is 0. The third kappa shape index (κ3) is 1.82. The first kappa shape index (κ1) is 11.7. The van der Waals surface area contributed by atoms with E-state index >= 15 is 0 Å². The van der Waals surface area contributed by atoms with Gasteiger partial charge in [0.1, 0.15) is 17.1 Å². The molecule has 0 saturated carbocycles. The molecule has 3 aromatic rings. The van der Waals surface area contributed by atoms with Crippen LogP contribution in [0.5, 0.6) is 0 Å². The molecule has 0 unspecified atom stereocenters. The van der Waals surface area contributed by atoms with Crippen LogP contribution in [0.2, 0.25) is 0 Å². The minimum atomic E-state index is 0.422. The van der Waals surface area contributed by atoms with Crippen molar-refractivity contribution in [3.63, 3.8) is 0 Å². The number of rotatable bonds is 2. The van der Waals surface area contributed by atoms with E-state index in [9.17, 15) is 5.26 Å². The van der Waals surface area contributed by atoms with Crippen LogP contribution in [0.15, 0.2) is 41.8 Å². The lowest BCUT2D eigenvalue weighted by molar-refractivity contribution is 1.27. The number of azide groups is 1. The highest BCUT2D eigenvalue weighted by Crippen LogP contribution is 2.28. The van der Waals surface area contributed by atoms with Crippen molar-refractivity contribution in [1.29, 1.82) is 5.26 Å². The Morgan fingerprint density at radius 1 is 1.30 bits per heavy atom. The van der Waals surface area contributed by atoms with Crippen molar-refractivity contribution >= 4 is 16.7 Å². The lowest BCUT2D eigenvalue weighted by Crippen LogP contribution is -1.85. The van der Waals surface area contributed by atoms with Crippen molar-refractivity contribution in [1.82, 2.24) is 15.0 Å². The standard InChI is InChI=1S/C13H7N7/c14-7-9-12-10(2-1-4-17-12)18-13(9)11-6-8(19-20-15)3-5-16-11/h1-6,18H. The SMILES string of the molecule is N#Cc1c(-c2cc(N=[N+]=[N-])ccn2)[nH]c2cccnc12. The summed E-state index contributed by atoms with van der Waals surface area (Å²) in [5, 5.41) is 12.8. The van der Waals surface area contributed by atoms with Gasteiger partial charge in [-0.05, 0) is 29.8 Å². The fourth-order valence-electron chi connectivity index (χ4n) is 1.99. The molecule has 3 heterocycles. The second kappa shape index (κ2) is 4.72. The van der Waals surface area contributed by atoms with Crippen LogP contribution < -0.4 is 0 Å². The summed E-state index contributed by atoms with van der Waals surface area (Å²) in [6.45, 7) is 0. The Kier molecular flexibility index (Phi) is 2.77. The molecule has 0 amide bonds. The zero-order valence-electron chi connectivity index (χ0n) is 10.1. The smallest absolute Gasteiger partial charge is 0.106 e. The normalized spacial score (nSPS) is 9.95. The van der Waals surface area contributed by atoms with Crippen LogP contribution in [0.3, 0.4) is 0 Å². The molecular formula is C13H7N7. The minimum absolute atomic E-state index is 0.422. The van der Waals surface area contributed by atoms with Gasteiger partial charge in [-0.25, -0.2) is 0 Å². The van der Waals surface area contributed by atoms with Crippen LogP contribution in [0.25, 0.3) is 32.9 Å². The summed E-state index contributed by atoms with van der Waals surface area (Å²) in [5.74, 6) is 0. The predicted octanol–water partition coefficient (Wildman–Crippen LogP) is 3.44. The van der Waals surface area contributed by atoms with E-state index in [1.165, 1.54) is 6.20 Å². The van der Waals surface area contributed by atoms with Crippen molar-refractivity contribution in [2.75, 3.05) is 0 Å². The van der Waals surface area contributed by atoms with Gasteiger partial charge in [-0.1, -0.05) is 5.11 Å². The van der Waals surface area contributed by atoms with Crippen molar-refractivity contribution in [3.8, 4) is 17.5 Å². The third-order valence-electron chi connectivity index (χ3n) is 2.83.